The van der Waals surface area contributed by atoms with E-state index in [2.05, 4.69) is 5.32 Å². The van der Waals surface area contributed by atoms with Gasteiger partial charge in [-0.3, -0.25) is 14.5 Å². The van der Waals surface area contributed by atoms with Crippen molar-refractivity contribution >= 4 is 11.9 Å². The summed E-state index contributed by atoms with van der Waals surface area (Å²) in [6.07, 6.45) is 1.25. The Labute approximate surface area is 123 Å². The molecule has 1 amide bonds. The van der Waals surface area contributed by atoms with Crippen molar-refractivity contribution in [1.29, 1.82) is 0 Å². The topological polar surface area (TPSA) is 78.9 Å². The molecule has 1 saturated heterocycles. The van der Waals surface area contributed by atoms with Crippen LogP contribution in [0.15, 0.2) is 24.3 Å². The third-order valence-electron chi connectivity index (χ3n) is 3.75. The number of ether oxygens (including phenoxy) is 1. The Morgan fingerprint density at radius 3 is 2.62 bits per heavy atom. The molecule has 114 valence electrons. The Hall–Kier alpha value is -2.08. The van der Waals surface area contributed by atoms with Crippen LogP contribution in [-0.2, 0) is 4.79 Å². The van der Waals surface area contributed by atoms with Gasteiger partial charge in [0, 0.05) is 13.1 Å². The number of carboxylic acids is 1. The van der Waals surface area contributed by atoms with Gasteiger partial charge >= 0.3 is 5.97 Å². The summed E-state index contributed by atoms with van der Waals surface area (Å²) in [7, 11) is 1.53. The zero-order valence-electron chi connectivity index (χ0n) is 12.0. The number of benzene rings is 1. The van der Waals surface area contributed by atoms with Crippen molar-refractivity contribution in [2.45, 2.75) is 12.8 Å². The summed E-state index contributed by atoms with van der Waals surface area (Å²) in [4.78, 5) is 25.1. The van der Waals surface area contributed by atoms with E-state index in [-0.39, 0.29) is 11.8 Å². The van der Waals surface area contributed by atoms with Gasteiger partial charge in [-0.25, -0.2) is 0 Å². The molecule has 6 heteroatoms. The first kappa shape index (κ1) is 15.3. The van der Waals surface area contributed by atoms with E-state index in [0.29, 0.717) is 43.9 Å². The summed E-state index contributed by atoms with van der Waals surface area (Å²) in [5.74, 6) is -0.633. The number of likely N-dealkylation sites (tertiary alicyclic amines) is 1. The second-order valence-corrected chi connectivity index (χ2v) is 5.09. The molecule has 1 aromatic carbocycles. The lowest BCUT2D eigenvalue weighted by atomic mass is 9.97. The largest absolute Gasteiger partial charge is 0.496 e. The highest BCUT2D eigenvalue weighted by Crippen LogP contribution is 2.18. The maximum atomic E-state index is 12.1. The average molecular weight is 292 g/mol. The number of carboxylic acid groups (broad SMARTS) is 1. The Bertz CT molecular complexity index is 510. The molecule has 1 aliphatic rings. The number of carbonyl (C=O) groups excluding carboxylic acids is 1. The molecule has 0 radical (unpaired) electrons. The van der Waals surface area contributed by atoms with Crippen molar-refractivity contribution < 1.29 is 19.4 Å². The second-order valence-electron chi connectivity index (χ2n) is 5.09. The molecule has 0 atom stereocenters. The first-order chi connectivity index (χ1) is 10.1. The van der Waals surface area contributed by atoms with E-state index in [0.717, 1.165) is 0 Å². The zero-order valence-corrected chi connectivity index (χ0v) is 12.0. The summed E-state index contributed by atoms with van der Waals surface area (Å²) in [6.45, 7) is 1.79. The number of hydrogen-bond donors (Lipinski definition) is 2. The lowest BCUT2D eigenvalue weighted by Crippen LogP contribution is -2.43. The van der Waals surface area contributed by atoms with Crippen molar-refractivity contribution in [3.05, 3.63) is 29.8 Å². The molecule has 2 rings (SSSR count). The molecule has 1 heterocycles. The smallest absolute Gasteiger partial charge is 0.306 e. The second kappa shape index (κ2) is 7.08. The molecule has 0 aliphatic carbocycles. The molecule has 21 heavy (non-hydrogen) atoms. The van der Waals surface area contributed by atoms with Crippen LogP contribution in [0.4, 0.5) is 0 Å². The van der Waals surface area contributed by atoms with E-state index in [1.54, 1.807) is 18.2 Å². The summed E-state index contributed by atoms with van der Waals surface area (Å²) >= 11 is 0. The van der Waals surface area contributed by atoms with Crippen LogP contribution in [0.2, 0.25) is 0 Å². The molecule has 0 saturated carbocycles. The summed E-state index contributed by atoms with van der Waals surface area (Å²) in [6, 6.07) is 7.06. The minimum Gasteiger partial charge on any atom is -0.496 e. The van der Waals surface area contributed by atoms with E-state index in [1.165, 1.54) is 7.11 Å². The van der Waals surface area contributed by atoms with Crippen LogP contribution in [0, 0.1) is 5.92 Å². The Morgan fingerprint density at radius 2 is 2.00 bits per heavy atom. The number of methoxy groups -OCH3 is 1. The first-order valence-corrected chi connectivity index (χ1v) is 6.98. The fourth-order valence-corrected chi connectivity index (χ4v) is 2.45. The number of nitrogens with one attached hydrogen (secondary N) is 1. The summed E-state index contributed by atoms with van der Waals surface area (Å²) in [5.41, 5.74) is 0.500. The maximum Gasteiger partial charge on any atom is 0.306 e. The highest BCUT2D eigenvalue weighted by atomic mass is 16.5. The van der Waals surface area contributed by atoms with Gasteiger partial charge in [-0.1, -0.05) is 12.1 Å². The zero-order chi connectivity index (χ0) is 15.2. The molecule has 0 spiro atoms. The number of carbonyl (C=O) groups is 2. The van der Waals surface area contributed by atoms with Gasteiger partial charge in [0.15, 0.2) is 0 Å². The fourth-order valence-electron chi connectivity index (χ4n) is 2.45. The van der Waals surface area contributed by atoms with Crippen LogP contribution >= 0.6 is 0 Å². The minimum absolute atomic E-state index is 0.187. The van der Waals surface area contributed by atoms with Gasteiger partial charge in [-0.05, 0) is 25.0 Å². The third kappa shape index (κ3) is 3.95. The van der Waals surface area contributed by atoms with Gasteiger partial charge in [-0.2, -0.15) is 0 Å². The standard InChI is InChI=1S/C15H20N2O4/c1-21-13-5-3-2-4-12(13)14(18)16-10-17-8-6-11(7-9-17)15(19)20/h2-5,11H,6-10H2,1H3,(H,16,18)(H,19,20). The van der Waals surface area contributed by atoms with Crippen LogP contribution < -0.4 is 10.1 Å². The molecule has 6 nitrogen and oxygen atoms in total. The van der Waals surface area contributed by atoms with Gasteiger partial charge < -0.3 is 15.2 Å². The van der Waals surface area contributed by atoms with E-state index < -0.39 is 5.97 Å². The number of para-hydroxylation sites is 1. The molecular formula is C15H20N2O4. The van der Waals surface area contributed by atoms with Crippen LogP contribution in [-0.4, -0.2) is 48.8 Å². The SMILES string of the molecule is COc1ccccc1C(=O)NCN1CCC(C(=O)O)CC1. The number of rotatable bonds is 5. The molecule has 1 fully saturated rings. The minimum atomic E-state index is -0.729. The van der Waals surface area contributed by atoms with Crippen molar-refractivity contribution in [3.63, 3.8) is 0 Å². The molecule has 2 N–H and O–H groups in total. The number of nitrogens with zero attached hydrogens (tertiary/aromatic N) is 1. The third-order valence-corrected chi connectivity index (χ3v) is 3.75. The quantitative estimate of drug-likeness (QED) is 0.852. The summed E-state index contributed by atoms with van der Waals surface area (Å²) < 4.78 is 5.16. The van der Waals surface area contributed by atoms with Gasteiger partial charge in [0.05, 0.1) is 25.3 Å². The summed E-state index contributed by atoms with van der Waals surface area (Å²) in [5, 5.41) is 11.8. The molecule has 0 aromatic heterocycles. The van der Waals surface area contributed by atoms with E-state index in [9.17, 15) is 9.59 Å². The Morgan fingerprint density at radius 1 is 1.33 bits per heavy atom. The van der Waals surface area contributed by atoms with Crippen LogP contribution in [0.3, 0.4) is 0 Å². The van der Waals surface area contributed by atoms with Gasteiger partial charge in [0.25, 0.3) is 5.91 Å². The fraction of sp³-hybridized carbons (Fsp3) is 0.467. The van der Waals surface area contributed by atoms with Gasteiger partial charge in [0.1, 0.15) is 5.75 Å². The number of piperidine rings is 1. The van der Waals surface area contributed by atoms with Gasteiger partial charge in [0.2, 0.25) is 0 Å². The Kier molecular flexibility index (Phi) is 5.16. The number of hydrogen-bond acceptors (Lipinski definition) is 4. The van der Waals surface area contributed by atoms with Crippen molar-refractivity contribution in [3.8, 4) is 5.75 Å². The normalized spacial score (nSPS) is 16.4. The lowest BCUT2D eigenvalue weighted by Gasteiger charge is -2.29. The van der Waals surface area contributed by atoms with Crippen molar-refractivity contribution in [2.24, 2.45) is 5.92 Å². The molecule has 1 aromatic rings. The molecule has 0 bridgehead atoms. The van der Waals surface area contributed by atoms with E-state index >= 15 is 0 Å². The highest BCUT2D eigenvalue weighted by molar-refractivity contribution is 5.96. The number of amides is 1. The predicted molar refractivity (Wildman–Crippen MR) is 77.3 cm³/mol. The average Bonchev–Trinajstić information content (AvgIpc) is 2.52. The number of aliphatic carboxylic acids is 1. The van der Waals surface area contributed by atoms with Crippen LogP contribution in [0.25, 0.3) is 0 Å². The van der Waals surface area contributed by atoms with Crippen LogP contribution in [0.1, 0.15) is 23.2 Å². The maximum absolute atomic E-state index is 12.1. The Balaban J connectivity index is 1.84. The monoisotopic (exact) mass is 292 g/mol. The lowest BCUT2D eigenvalue weighted by molar-refractivity contribution is -0.143. The molecular weight excluding hydrogens is 272 g/mol. The molecule has 1 aliphatic heterocycles. The van der Waals surface area contributed by atoms with E-state index in [4.69, 9.17) is 9.84 Å². The van der Waals surface area contributed by atoms with E-state index in [1.807, 2.05) is 11.0 Å². The predicted octanol–water partition coefficient (Wildman–Crippen LogP) is 1.18. The first-order valence-electron chi connectivity index (χ1n) is 6.98. The highest BCUT2D eigenvalue weighted by Gasteiger charge is 2.24. The molecule has 0 unspecified atom stereocenters. The van der Waals surface area contributed by atoms with Gasteiger partial charge in [-0.15, -0.1) is 0 Å². The van der Waals surface area contributed by atoms with Crippen molar-refractivity contribution in [1.82, 2.24) is 10.2 Å². The van der Waals surface area contributed by atoms with Crippen LogP contribution in [0.5, 0.6) is 5.75 Å². The van der Waals surface area contributed by atoms with Crippen molar-refractivity contribution in [2.75, 3.05) is 26.9 Å².